The molecule has 0 bridgehead atoms. The van der Waals surface area contributed by atoms with Crippen LogP contribution in [0.25, 0.3) is 27.6 Å². The number of benzene rings is 3. The molecular formula is C19H19N. The Hall–Kier alpha value is -2.28. The van der Waals surface area contributed by atoms with Crippen molar-refractivity contribution in [3.05, 3.63) is 59.2 Å². The van der Waals surface area contributed by atoms with Crippen molar-refractivity contribution >= 4 is 33.3 Å². The summed E-state index contributed by atoms with van der Waals surface area (Å²) >= 11 is 0. The number of nitrogens with two attached hydrogens (primary N) is 1. The quantitative estimate of drug-likeness (QED) is 0.466. The fourth-order valence-corrected chi connectivity index (χ4v) is 2.89. The predicted octanol–water partition coefficient (Wildman–Crippen LogP) is 5.31. The van der Waals surface area contributed by atoms with Crippen LogP contribution in [0.5, 0.6) is 0 Å². The number of allylic oxidation sites excluding steroid dienone is 1. The Morgan fingerprint density at radius 3 is 2.30 bits per heavy atom. The Labute approximate surface area is 119 Å². The Morgan fingerprint density at radius 1 is 0.900 bits per heavy atom. The largest absolute Gasteiger partial charge is 0.399 e. The molecule has 0 aliphatic rings. The molecule has 0 aromatic heterocycles. The molecule has 3 aromatic rings. The van der Waals surface area contributed by atoms with Crippen LogP contribution < -0.4 is 5.73 Å². The van der Waals surface area contributed by atoms with Gasteiger partial charge < -0.3 is 5.73 Å². The van der Waals surface area contributed by atoms with Gasteiger partial charge in [-0.2, -0.15) is 0 Å². The summed E-state index contributed by atoms with van der Waals surface area (Å²) in [6.07, 6.45) is 2.27. The Kier molecular flexibility index (Phi) is 2.98. The van der Waals surface area contributed by atoms with E-state index in [2.05, 4.69) is 63.2 Å². The van der Waals surface area contributed by atoms with Crippen LogP contribution in [0.1, 0.15) is 25.0 Å². The van der Waals surface area contributed by atoms with E-state index >= 15 is 0 Å². The number of anilines is 1. The first-order chi connectivity index (χ1) is 9.58. The average molecular weight is 261 g/mol. The highest BCUT2D eigenvalue weighted by Crippen LogP contribution is 2.34. The van der Waals surface area contributed by atoms with E-state index in [1.807, 2.05) is 6.07 Å². The highest BCUT2D eigenvalue weighted by atomic mass is 14.5. The van der Waals surface area contributed by atoms with Crippen molar-refractivity contribution < 1.29 is 0 Å². The van der Waals surface area contributed by atoms with Gasteiger partial charge >= 0.3 is 0 Å². The third-order valence-corrected chi connectivity index (χ3v) is 3.79. The van der Waals surface area contributed by atoms with Crippen molar-refractivity contribution in [3.8, 4) is 0 Å². The minimum absolute atomic E-state index is 0.817. The molecule has 3 aromatic carbocycles. The van der Waals surface area contributed by atoms with E-state index in [0.717, 1.165) is 5.69 Å². The van der Waals surface area contributed by atoms with E-state index in [4.69, 9.17) is 5.73 Å². The van der Waals surface area contributed by atoms with E-state index in [9.17, 15) is 0 Å². The zero-order chi connectivity index (χ0) is 14.3. The van der Waals surface area contributed by atoms with Crippen LogP contribution in [-0.4, -0.2) is 0 Å². The van der Waals surface area contributed by atoms with E-state index in [-0.39, 0.29) is 0 Å². The highest BCUT2D eigenvalue weighted by molar-refractivity contribution is 6.13. The van der Waals surface area contributed by atoms with Crippen molar-refractivity contribution in [1.29, 1.82) is 0 Å². The van der Waals surface area contributed by atoms with Gasteiger partial charge in [0.2, 0.25) is 0 Å². The smallest absolute Gasteiger partial charge is 0.0320 e. The van der Waals surface area contributed by atoms with Gasteiger partial charge in [-0.25, -0.2) is 0 Å². The molecule has 0 fully saturated rings. The van der Waals surface area contributed by atoms with Gasteiger partial charge in [-0.05, 0) is 65.6 Å². The highest BCUT2D eigenvalue weighted by Gasteiger charge is 2.09. The Bertz CT molecular complexity index is 837. The van der Waals surface area contributed by atoms with Gasteiger partial charge in [0.25, 0.3) is 0 Å². The zero-order valence-electron chi connectivity index (χ0n) is 12.2. The van der Waals surface area contributed by atoms with E-state index in [0.29, 0.717) is 0 Å². The molecule has 0 spiro atoms. The molecule has 0 radical (unpaired) electrons. The molecule has 0 saturated carbocycles. The summed E-state index contributed by atoms with van der Waals surface area (Å²) in [5.74, 6) is 0. The maximum atomic E-state index is 5.97. The van der Waals surface area contributed by atoms with Gasteiger partial charge in [-0.15, -0.1) is 0 Å². The summed E-state index contributed by atoms with van der Waals surface area (Å²) in [6.45, 7) is 6.47. The van der Waals surface area contributed by atoms with E-state index in [1.54, 1.807) is 0 Å². The number of fused-ring (bicyclic) bond motifs is 3. The third-order valence-electron chi connectivity index (χ3n) is 3.79. The van der Waals surface area contributed by atoms with Crippen LogP contribution in [0.15, 0.2) is 48.0 Å². The molecule has 0 aliphatic carbocycles. The van der Waals surface area contributed by atoms with Crippen LogP contribution in [0.2, 0.25) is 0 Å². The Morgan fingerprint density at radius 2 is 1.60 bits per heavy atom. The lowest BCUT2D eigenvalue weighted by Gasteiger charge is -2.13. The first kappa shape index (κ1) is 12.7. The second-order valence-electron chi connectivity index (χ2n) is 5.61. The fourth-order valence-electron chi connectivity index (χ4n) is 2.89. The summed E-state index contributed by atoms with van der Waals surface area (Å²) in [5, 5.41) is 5.09. The van der Waals surface area contributed by atoms with E-state index < -0.39 is 0 Å². The van der Waals surface area contributed by atoms with Gasteiger partial charge in [0.1, 0.15) is 0 Å². The third kappa shape index (κ3) is 1.96. The molecule has 2 N–H and O–H groups in total. The molecule has 0 aliphatic heterocycles. The number of nitrogen functional groups attached to an aromatic ring is 1. The SMILES string of the molecule is CC(C)=Cc1c(C)c2ccc(N)cc2c2ccccc12. The minimum atomic E-state index is 0.817. The predicted molar refractivity (Wildman–Crippen MR) is 89.9 cm³/mol. The van der Waals surface area contributed by atoms with Crippen molar-refractivity contribution in [1.82, 2.24) is 0 Å². The van der Waals surface area contributed by atoms with Gasteiger partial charge in [0.05, 0.1) is 0 Å². The molecule has 0 heterocycles. The lowest BCUT2D eigenvalue weighted by atomic mass is 9.91. The summed E-state index contributed by atoms with van der Waals surface area (Å²) in [4.78, 5) is 0. The van der Waals surface area contributed by atoms with Gasteiger partial charge in [0.15, 0.2) is 0 Å². The molecule has 3 rings (SSSR count). The molecule has 100 valence electrons. The summed E-state index contributed by atoms with van der Waals surface area (Å²) < 4.78 is 0. The average Bonchev–Trinajstić information content (AvgIpc) is 2.43. The molecule has 0 unspecified atom stereocenters. The number of rotatable bonds is 1. The van der Waals surface area contributed by atoms with Crippen LogP contribution in [-0.2, 0) is 0 Å². The van der Waals surface area contributed by atoms with Gasteiger partial charge in [-0.3, -0.25) is 0 Å². The summed E-state index contributed by atoms with van der Waals surface area (Å²) in [5.41, 5.74) is 10.7. The maximum Gasteiger partial charge on any atom is 0.0320 e. The monoisotopic (exact) mass is 261 g/mol. The molecule has 0 amide bonds. The second kappa shape index (κ2) is 4.68. The first-order valence-electron chi connectivity index (χ1n) is 6.93. The van der Waals surface area contributed by atoms with Crippen LogP contribution in [0.4, 0.5) is 5.69 Å². The number of hydrogen-bond acceptors (Lipinski definition) is 1. The lowest BCUT2D eigenvalue weighted by molar-refractivity contribution is 1.41. The normalized spacial score (nSPS) is 10.9. The van der Waals surface area contributed by atoms with Crippen LogP contribution in [0.3, 0.4) is 0 Å². The zero-order valence-corrected chi connectivity index (χ0v) is 12.2. The number of hydrogen-bond donors (Lipinski definition) is 1. The minimum Gasteiger partial charge on any atom is -0.399 e. The standard InChI is InChI=1S/C19H19N/c1-12(2)10-18-13(3)15-9-8-14(20)11-19(15)17-7-5-4-6-16(17)18/h4-11H,20H2,1-3H3. The van der Waals surface area contributed by atoms with Gasteiger partial charge in [-0.1, -0.05) is 42.0 Å². The molecule has 1 heteroatoms. The van der Waals surface area contributed by atoms with Crippen molar-refractivity contribution in [2.75, 3.05) is 5.73 Å². The van der Waals surface area contributed by atoms with Crippen molar-refractivity contribution in [3.63, 3.8) is 0 Å². The molecule has 0 saturated heterocycles. The van der Waals surface area contributed by atoms with Crippen LogP contribution in [0, 0.1) is 6.92 Å². The van der Waals surface area contributed by atoms with E-state index in [1.165, 1.54) is 38.2 Å². The summed E-state index contributed by atoms with van der Waals surface area (Å²) in [7, 11) is 0. The molecule has 20 heavy (non-hydrogen) atoms. The Balaban J connectivity index is 2.58. The van der Waals surface area contributed by atoms with Crippen molar-refractivity contribution in [2.45, 2.75) is 20.8 Å². The molecule has 1 nitrogen and oxygen atoms in total. The first-order valence-corrected chi connectivity index (χ1v) is 6.93. The number of aryl methyl sites for hydroxylation is 1. The summed E-state index contributed by atoms with van der Waals surface area (Å²) in [6, 6.07) is 14.8. The molecular weight excluding hydrogens is 242 g/mol. The maximum absolute atomic E-state index is 5.97. The second-order valence-corrected chi connectivity index (χ2v) is 5.61. The molecule has 0 atom stereocenters. The topological polar surface area (TPSA) is 26.0 Å². The van der Waals surface area contributed by atoms with Gasteiger partial charge in [0, 0.05) is 5.69 Å². The lowest BCUT2D eigenvalue weighted by Crippen LogP contribution is -1.91. The fraction of sp³-hybridized carbons (Fsp3) is 0.158. The van der Waals surface area contributed by atoms with Crippen molar-refractivity contribution in [2.24, 2.45) is 0 Å². The van der Waals surface area contributed by atoms with Crippen LogP contribution >= 0.6 is 0 Å².